The Morgan fingerprint density at radius 1 is 1.50 bits per heavy atom. The minimum Gasteiger partial charge on any atom is -0.508 e. The third-order valence-electron chi connectivity index (χ3n) is 2.79. The molecule has 1 amide bonds. The molecule has 20 heavy (non-hydrogen) atoms. The highest BCUT2D eigenvalue weighted by Gasteiger charge is 2.37. The number of carbonyl (C=O) groups is 1. The molecule has 2 N–H and O–H groups in total. The predicted molar refractivity (Wildman–Crippen MR) is 68.8 cm³/mol. The summed E-state index contributed by atoms with van der Waals surface area (Å²) in [5.41, 5.74) is -0.344. The molecule has 2 rings (SSSR count). The number of rotatable bonds is 2. The van der Waals surface area contributed by atoms with Crippen LogP contribution < -0.4 is 5.32 Å². The van der Waals surface area contributed by atoms with Gasteiger partial charge in [0.15, 0.2) is 11.5 Å². The monoisotopic (exact) mass is 302 g/mol. The number of carbonyl (C=O) groups excluding carboxylic acids is 1. The minimum absolute atomic E-state index is 0.137. The summed E-state index contributed by atoms with van der Waals surface area (Å²) in [4.78, 5) is 12.1. The first-order chi connectivity index (χ1) is 9.23. The Bertz CT molecular complexity index is 678. The molecule has 10 heteroatoms. The standard InChI is InChI=1S/C10H14N4O5S/c1-6-4-8(12-19-6)11-10(16)9-7(15)5-13(2)20(17,18)14(9)3/h4,15H,5H2,1-3H3,(H,11,12,16). The Morgan fingerprint density at radius 3 is 2.70 bits per heavy atom. The summed E-state index contributed by atoms with van der Waals surface area (Å²) < 4.78 is 30.3. The van der Waals surface area contributed by atoms with Gasteiger partial charge in [0, 0.05) is 20.2 Å². The van der Waals surface area contributed by atoms with Crippen LogP contribution in [0.25, 0.3) is 0 Å². The summed E-state index contributed by atoms with van der Waals surface area (Å²) in [7, 11) is -1.32. The molecule has 0 aliphatic carbocycles. The van der Waals surface area contributed by atoms with E-state index in [9.17, 15) is 18.3 Å². The number of hydrogen-bond acceptors (Lipinski definition) is 6. The van der Waals surface area contributed by atoms with E-state index in [0.717, 1.165) is 4.31 Å². The molecular formula is C10H14N4O5S. The predicted octanol–water partition coefficient (Wildman–Crippen LogP) is -0.187. The first-order valence-corrected chi connectivity index (χ1v) is 7.00. The molecule has 0 saturated carbocycles. The van der Waals surface area contributed by atoms with Gasteiger partial charge in [0.1, 0.15) is 11.5 Å². The maximum Gasteiger partial charge on any atom is 0.304 e. The zero-order chi connectivity index (χ0) is 15.1. The van der Waals surface area contributed by atoms with Crippen molar-refractivity contribution in [1.82, 2.24) is 13.8 Å². The van der Waals surface area contributed by atoms with E-state index in [1.165, 1.54) is 20.2 Å². The van der Waals surface area contributed by atoms with E-state index in [1.807, 2.05) is 0 Å². The van der Waals surface area contributed by atoms with Crippen LogP contribution in [0.3, 0.4) is 0 Å². The maximum atomic E-state index is 12.1. The van der Waals surface area contributed by atoms with E-state index < -0.39 is 16.1 Å². The van der Waals surface area contributed by atoms with Gasteiger partial charge >= 0.3 is 10.2 Å². The highest BCUT2D eigenvalue weighted by Crippen LogP contribution is 2.22. The summed E-state index contributed by atoms with van der Waals surface area (Å²) in [6, 6.07) is 1.47. The second-order valence-corrected chi connectivity index (χ2v) is 6.37. The summed E-state index contributed by atoms with van der Waals surface area (Å²) in [6.45, 7) is 1.37. The van der Waals surface area contributed by atoms with Crippen molar-refractivity contribution in [1.29, 1.82) is 0 Å². The first-order valence-electron chi connectivity index (χ1n) is 5.60. The van der Waals surface area contributed by atoms with Gasteiger partial charge in [-0.3, -0.25) is 9.10 Å². The molecule has 1 aromatic rings. The largest absolute Gasteiger partial charge is 0.508 e. The molecule has 0 aromatic carbocycles. The van der Waals surface area contributed by atoms with Gasteiger partial charge in [-0.1, -0.05) is 5.16 Å². The Balaban J connectivity index is 2.31. The SMILES string of the molecule is Cc1cc(NC(=O)C2=C(O)CN(C)S(=O)(=O)N2C)no1. The smallest absolute Gasteiger partial charge is 0.304 e. The Morgan fingerprint density at radius 2 is 2.15 bits per heavy atom. The van der Waals surface area contributed by atoms with Gasteiger partial charge in [0.25, 0.3) is 5.91 Å². The highest BCUT2D eigenvalue weighted by molar-refractivity contribution is 7.86. The Kier molecular flexibility index (Phi) is 3.44. The third kappa shape index (κ3) is 2.34. The van der Waals surface area contributed by atoms with Crippen molar-refractivity contribution in [2.24, 2.45) is 0 Å². The van der Waals surface area contributed by atoms with Crippen LogP contribution in [0, 0.1) is 6.92 Å². The first kappa shape index (κ1) is 14.3. The van der Waals surface area contributed by atoms with Crippen molar-refractivity contribution in [3.8, 4) is 0 Å². The highest BCUT2D eigenvalue weighted by atomic mass is 32.2. The molecule has 1 aromatic heterocycles. The van der Waals surface area contributed by atoms with Crippen molar-refractivity contribution in [3.63, 3.8) is 0 Å². The second kappa shape index (κ2) is 4.80. The molecule has 0 saturated heterocycles. The van der Waals surface area contributed by atoms with Gasteiger partial charge in [-0.2, -0.15) is 12.7 Å². The zero-order valence-corrected chi connectivity index (χ0v) is 11.9. The van der Waals surface area contributed by atoms with Crippen molar-refractivity contribution in [2.75, 3.05) is 26.0 Å². The number of likely N-dealkylation sites (N-methyl/N-ethyl adjacent to an activating group) is 2. The van der Waals surface area contributed by atoms with E-state index in [1.54, 1.807) is 6.92 Å². The molecule has 0 atom stereocenters. The van der Waals surface area contributed by atoms with Gasteiger partial charge in [-0.15, -0.1) is 0 Å². The quantitative estimate of drug-likeness (QED) is 0.782. The normalized spacial score (nSPS) is 19.2. The average Bonchev–Trinajstić information content (AvgIpc) is 2.72. The van der Waals surface area contributed by atoms with Crippen LogP contribution in [0.2, 0.25) is 0 Å². The van der Waals surface area contributed by atoms with Crippen LogP contribution in [-0.2, 0) is 15.0 Å². The van der Waals surface area contributed by atoms with E-state index >= 15 is 0 Å². The van der Waals surface area contributed by atoms with Crippen LogP contribution in [0.15, 0.2) is 22.0 Å². The second-order valence-electron chi connectivity index (χ2n) is 4.30. The number of nitrogens with zero attached hydrogens (tertiary/aromatic N) is 3. The number of aliphatic hydroxyl groups excluding tert-OH is 1. The molecule has 0 radical (unpaired) electrons. The van der Waals surface area contributed by atoms with Crippen molar-refractivity contribution in [3.05, 3.63) is 23.3 Å². The fourth-order valence-corrected chi connectivity index (χ4v) is 2.87. The Labute approximate surface area is 115 Å². The van der Waals surface area contributed by atoms with Crippen LogP contribution in [-0.4, -0.2) is 53.8 Å². The van der Waals surface area contributed by atoms with Gasteiger partial charge in [0.05, 0.1) is 6.54 Å². The lowest BCUT2D eigenvalue weighted by Crippen LogP contribution is -2.47. The van der Waals surface area contributed by atoms with Crippen molar-refractivity contribution >= 4 is 21.9 Å². The number of anilines is 1. The summed E-state index contributed by atoms with van der Waals surface area (Å²) >= 11 is 0. The van der Waals surface area contributed by atoms with Gasteiger partial charge in [-0.05, 0) is 6.92 Å². The fraction of sp³-hybridized carbons (Fsp3) is 0.400. The topological polar surface area (TPSA) is 116 Å². The van der Waals surface area contributed by atoms with Crippen molar-refractivity contribution < 1.29 is 22.8 Å². The molecule has 0 fully saturated rings. The molecule has 2 heterocycles. The number of nitrogens with one attached hydrogen (secondary N) is 1. The van der Waals surface area contributed by atoms with E-state index in [4.69, 9.17) is 4.52 Å². The van der Waals surface area contributed by atoms with Gasteiger partial charge in [0.2, 0.25) is 0 Å². The number of aliphatic hydroxyl groups is 1. The van der Waals surface area contributed by atoms with Crippen LogP contribution in [0.5, 0.6) is 0 Å². The Hall–Kier alpha value is -2.07. The maximum absolute atomic E-state index is 12.1. The van der Waals surface area contributed by atoms with Crippen LogP contribution in [0.4, 0.5) is 5.82 Å². The van der Waals surface area contributed by atoms with Gasteiger partial charge in [-0.25, -0.2) is 0 Å². The lowest BCUT2D eigenvalue weighted by molar-refractivity contribution is -0.114. The lowest BCUT2D eigenvalue weighted by atomic mass is 10.3. The fourth-order valence-electron chi connectivity index (χ4n) is 1.75. The molecule has 1 aliphatic heterocycles. The number of amides is 1. The molecule has 110 valence electrons. The molecule has 0 bridgehead atoms. The number of aromatic nitrogens is 1. The molecular weight excluding hydrogens is 288 g/mol. The zero-order valence-electron chi connectivity index (χ0n) is 11.1. The molecule has 1 aliphatic rings. The number of aryl methyl sites for hydroxylation is 1. The lowest BCUT2D eigenvalue weighted by Gasteiger charge is -2.31. The van der Waals surface area contributed by atoms with E-state index in [-0.39, 0.29) is 23.8 Å². The molecule has 9 nitrogen and oxygen atoms in total. The van der Waals surface area contributed by atoms with Crippen molar-refractivity contribution in [2.45, 2.75) is 6.92 Å². The summed E-state index contributed by atoms with van der Waals surface area (Å²) in [5.74, 6) is -0.502. The van der Waals surface area contributed by atoms with Crippen LogP contribution >= 0.6 is 0 Å². The molecule has 0 unspecified atom stereocenters. The van der Waals surface area contributed by atoms with Gasteiger partial charge < -0.3 is 14.9 Å². The average molecular weight is 302 g/mol. The summed E-state index contributed by atoms with van der Waals surface area (Å²) in [6.07, 6.45) is 0. The number of hydrogen-bond donors (Lipinski definition) is 2. The van der Waals surface area contributed by atoms with E-state index in [2.05, 4.69) is 10.5 Å². The van der Waals surface area contributed by atoms with Crippen LogP contribution in [0.1, 0.15) is 5.76 Å². The minimum atomic E-state index is -3.81. The third-order valence-corrected chi connectivity index (χ3v) is 4.58. The summed E-state index contributed by atoms with van der Waals surface area (Å²) in [5, 5.41) is 15.7. The van der Waals surface area contributed by atoms with E-state index in [0.29, 0.717) is 10.1 Å². The molecule has 0 spiro atoms.